The summed E-state index contributed by atoms with van der Waals surface area (Å²) in [5.74, 6) is 1.33. The summed E-state index contributed by atoms with van der Waals surface area (Å²) in [5, 5.41) is 0.632. The molecule has 2 radical (unpaired) electrons. The first-order valence-electron chi connectivity index (χ1n) is 6.01. The molecule has 0 atom stereocenters. The Balaban J connectivity index is 1.87. The van der Waals surface area contributed by atoms with Crippen molar-refractivity contribution < 1.29 is 4.74 Å². The van der Waals surface area contributed by atoms with Gasteiger partial charge in [0.2, 0.25) is 0 Å². The minimum absolute atomic E-state index is 0.628. The molecule has 2 nitrogen and oxygen atoms in total. The van der Waals surface area contributed by atoms with Crippen molar-refractivity contribution in [2.45, 2.75) is 12.8 Å². The van der Waals surface area contributed by atoms with E-state index >= 15 is 0 Å². The number of benzene rings is 1. The van der Waals surface area contributed by atoms with E-state index in [9.17, 15) is 0 Å². The van der Waals surface area contributed by atoms with Crippen LogP contribution in [0.2, 0.25) is 5.02 Å². The minimum Gasteiger partial charge on any atom is -0.492 e. The molecule has 1 saturated heterocycles. The molecule has 0 spiro atoms. The van der Waals surface area contributed by atoms with Crippen molar-refractivity contribution >= 4 is 11.6 Å². The Bertz CT molecular complexity index is 372. The third-order valence-electron chi connectivity index (χ3n) is 3.27. The SMILES string of the molecule is [CH]c1ccc(Cl)c(OCC2CCN(C)CC2)c1. The molecule has 0 amide bonds. The van der Waals surface area contributed by atoms with Gasteiger partial charge in [-0.05, 0) is 63.5 Å². The smallest absolute Gasteiger partial charge is 0.138 e. The number of hydrogen-bond acceptors (Lipinski definition) is 2. The van der Waals surface area contributed by atoms with E-state index in [0.717, 1.165) is 19.7 Å². The lowest BCUT2D eigenvalue weighted by Crippen LogP contribution is -2.32. The molecule has 92 valence electrons. The van der Waals surface area contributed by atoms with E-state index in [2.05, 4.69) is 11.9 Å². The molecule has 2 rings (SSSR count). The molecule has 0 saturated carbocycles. The average molecular weight is 252 g/mol. The minimum atomic E-state index is 0.628. The zero-order valence-electron chi connectivity index (χ0n) is 10.2. The number of ether oxygens (including phenoxy) is 1. The summed E-state index contributed by atoms with van der Waals surface area (Å²) in [4.78, 5) is 2.35. The van der Waals surface area contributed by atoms with E-state index in [0.29, 0.717) is 22.3 Å². The first kappa shape index (κ1) is 12.7. The zero-order valence-corrected chi connectivity index (χ0v) is 10.9. The third kappa shape index (κ3) is 3.62. The predicted molar refractivity (Wildman–Crippen MR) is 70.6 cm³/mol. The summed E-state index contributed by atoms with van der Waals surface area (Å²) >= 11 is 6.05. The maximum Gasteiger partial charge on any atom is 0.138 e. The van der Waals surface area contributed by atoms with E-state index in [4.69, 9.17) is 23.3 Å². The Morgan fingerprint density at radius 2 is 2.12 bits per heavy atom. The summed E-state index contributed by atoms with van der Waals surface area (Å²) in [6.07, 6.45) is 2.38. The van der Waals surface area contributed by atoms with Gasteiger partial charge in [0.15, 0.2) is 0 Å². The quantitative estimate of drug-likeness (QED) is 0.819. The molecule has 1 heterocycles. The fourth-order valence-electron chi connectivity index (χ4n) is 2.07. The van der Waals surface area contributed by atoms with Gasteiger partial charge in [0.25, 0.3) is 0 Å². The maximum atomic E-state index is 6.05. The van der Waals surface area contributed by atoms with Crippen LogP contribution in [0.25, 0.3) is 0 Å². The van der Waals surface area contributed by atoms with Crippen molar-refractivity contribution in [3.63, 3.8) is 0 Å². The third-order valence-corrected chi connectivity index (χ3v) is 3.58. The lowest BCUT2D eigenvalue weighted by molar-refractivity contribution is 0.160. The van der Waals surface area contributed by atoms with Crippen LogP contribution in [-0.4, -0.2) is 31.6 Å². The summed E-state index contributed by atoms with van der Waals surface area (Å²) in [7, 11) is 2.16. The molecule has 1 fully saturated rings. The van der Waals surface area contributed by atoms with Gasteiger partial charge in [-0.1, -0.05) is 17.7 Å². The van der Waals surface area contributed by atoms with Gasteiger partial charge in [0.05, 0.1) is 11.6 Å². The van der Waals surface area contributed by atoms with Crippen LogP contribution in [0.5, 0.6) is 5.75 Å². The van der Waals surface area contributed by atoms with Crippen molar-refractivity contribution in [3.05, 3.63) is 35.7 Å². The summed E-state index contributed by atoms with van der Waals surface area (Å²) in [5.41, 5.74) is 0.688. The average Bonchev–Trinajstić information content (AvgIpc) is 2.32. The molecule has 1 aromatic carbocycles. The topological polar surface area (TPSA) is 12.5 Å². The van der Waals surface area contributed by atoms with E-state index in [1.54, 1.807) is 18.2 Å². The molecule has 0 unspecified atom stereocenters. The van der Waals surface area contributed by atoms with Crippen molar-refractivity contribution in [1.29, 1.82) is 0 Å². The molecular weight excluding hydrogens is 234 g/mol. The first-order chi connectivity index (χ1) is 8.15. The highest BCUT2D eigenvalue weighted by molar-refractivity contribution is 6.32. The van der Waals surface area contributed by atoms with Crippen LogP contribution in [0, 0.1) is 12.8 Å². The number of rotatable bonds is 3. The molecule has 0 aromatic heterocycles. The number of nitrogens with zero attached hydrogens (tertiary/aromatic N) is 1. The molecule has 17 heavy (non-hydrogen) atoms. The van der Waals surface area contributed by atoms with Gasteiger partial charge in [-0.2, -0.15) is 0 Å². The lowest BCUT2D eigenvalue weighted by Gasteiger charge is -2.28. The zero-order chi connectivity index (χ0) is 12.3. The molecule has 0 bridgehead atoms. The Morgan fingerprint density at radius 1 is 1.41 bits per heavy atom. The second-order valence-corrected chi connectivity index (χ2v) is 5.15. The van der Waals surface area contributed by atoms with E-state index < -0.39 is 0 Å². The number of hydrogen-bond donors (Lipinski definition) is 0. The summed E-state index contributed by atoms with van der Waals surface area (Å²) in [6.45, 7) is 8.75. The summed E-state index contributed by atoms with van der Waals surface area (Å²) in [6, 6.07) is 5.35. The van der Waals surface area contributed by atoms with Gasteiger partial charge in [-0.25, -0.2) is 0 Å². The maximum absolute atomic E-state index is 6.05. The number of piperidine rings is 1. The van der Waals surface area contributed by atoms with Crippen molar-refractivity contribution in [2.75, 3.05) is 26.7 Å². The Hall–Kier alpha value is -0.730. The van der Waals surface area contributed by atoms with E-state index in [-0.39, 0.29) is 0 Å². The van der Waals surface area contributed by atoms with Crippen molar-refractivity contribution in [1.82, 2.24) is 4.90 Å². The first-order valence-corrected chi connectivity index (χ1v) is 6.39. The van der Waals surface area contributed by atoms with Crippen LogP contribution in [0.4, 0.5) is 0 Å². The number of likely N-dealkylation sites (tertiary alicyclic amines) is 1. The van der Waals surface area contributed by atoms with Crippen LogP contribution < -0.4 is 4.74 Å². The highest BCUT2D eigenvalue weighted by Gasteiger charge is 2.17. The van der Waals surface area contributed by atoms with Gasteiger partial charge in [-0.3, -0.25) is 0 Å². The van der Waals surface area contributed by atoms with Crippen molar-refractivity contribution in [3.8, 4) is 5.75 Å². The molecular formula is C14H18ClNO. The molecule has 0 N–H and O–H groups in total. The van der Waals surface area contributed by atoms with Gasteiger partial charge in [0, 0.05) is 0 Å². The molecule has 3 heteroatoms. The molecule has 1 aliphatic heterocycles. The second kappa shape index (κ2) is 5.74. The van der Waals surface area contributed by atoms with Crippen LogP contribution >= 0.6 is 11.6 Å². The fraction of sp³-hybridized carbons (Fsp3) is 0.500. The van der Waals surface area contributed by atoms with Gasteiger partial charge < -0.3 is 9.64 Å². The predicted octanol–water partition coefficient (Wildman–Crippen LogP) is 3.12. The standard InChI is InChI=1S/C14H18ClNO/c1-11-3-4-13(15)14(9-11)17-10-12-5-7-16(2)8-6-12/h1,3-4,9,12H,5-8,10H2,2H3. The molecule has 1 aliphatic rings. The normalized spacial score (nSPS) is 18.3. The lowest BCUT2D eigenvalue weighted by atomic mass is 9.98. The molecule has 0 aliphatic carbocycles. The summed E-state index contributed by atoms with van der Waals surface area (Å²) < 4.78 is 5.76. The van der Waals surface area contributed by atoms with E-state index in [1.165, 1.54) is 12.8 Å². The Kier molecular flexibility index (Phi) is 4.30. The number of halogens is 1. The Labute approximate surface area is 109 Å². The molecule has 1 aromatic rings. The Morgan fingerprint density at radius 3 is 2.82 bits per heavy atom. The van der Waals surface area contributed by atoms with Gasteiger partial charge >= 0.3 is 0 Å². The largest absolute Gasteiger partial charge is 0.492 e. The van der Waals surface area contributed by atoms with Crippen LogP contribution in [0.15, 0.2) is 18.2 Å². The second-order valence-electron chi connectivity index (χ2n) is 4.75. The van der Waals surface area contributed by atoms with Crippen LogP contribution in [-0.2, 0) is 0 Å². The van der Waals surface area contributed by atoms with Gasteiger partial charge in [-0.15, -0.1) is 0 Å². The monoisotopic (exact) mass is 251 g/mol. The van der Waals surface area contributed by atoms with Crippen LogP contribution in [0.1, 0.15) is 18.4 Å². The fourth-order valence-corrected chi connectivity index (χ4v) is 2.24. The highest BCUT2D eigenvalue weighted by Crippen LogP contribution is 2.26. The highest BCUT2D eigenvalue weighted by atomic mass is 35.5. The van der Waals surface area contributed by atoms with Crippen molar-refractivity contribution in [2.24, 2.45) is 5.92 Å². The van der Waals surface area contributed by atoms with Gasteiger partial charge in [0.1, 0.15) is 5.75 Å². The van der Waals surface area contributed by atoms with E-state index in [1.807, 2.05) is 0 Å². The van der Waals surface area contributed by atoms with Crippen LogP contribution in [0.3, 0.4) is 0 Å².